The quantitative estimate of drug-likeness (QED) is 0.767. The zero-order valence-electron chi connectivity index (χ0n) is 12.1. The Bertz CT molecular complexity index is 694. The van der Waals surface area contributed by atoms with Gasteiger partial charge in [0.2, 0.25) is 0 Å². The Morgan fingerprint density at radius 1 is 1.38 bits per heavy atom. The highest BCUT2D eigenvalue weighted by Gasteiger charge is 2.13. The first-order chi connectivity index (χ1) is 9.99. The van der Waals surface area contributed by atoms with Gasteiger partial charge in [0.15, 0.2) is 5.82 Å². The first-order valence-corrected chi connectivity index (χ1v) is 6.94. The zero-order chi connectivity index (χ0) is 15.4. The number of carbonyl (C=O) groups is 1. The number of carbonyl (C=O) groups excluding carboxylic acids is 1. The molecule has 0 spiro atoms. The van der Waals surface area contributed by atoms with Crippen molar-refractivity contribution in [2.75, 3.05) is 6.54 Å². The summed E-state index contributed by atoms with van der Waals surface area (Å²) in [7, 11) is 0. The Morgan fingerprint density at radius 3 is 2.81 bits per heavy atom. The van der Waals surface area contributed by atoms with Gasteiger partial charge in [-0.3, -0.25) is 9.59 Å². The molecule has 1 unspecified atom stereocenters. The molecule has 1 atom stereocenters. The van der Waals surface area contributed by atoms with Crippen molar-refractivity contribution in [3.63, 3.8) is 0 Å². The molecule has 0 aliphatic rings. The Labute approximate surface area is 122 Å². The molecule has 112 valence electrons. The minimum absolute atomic E-state index is 0.0160. The minimum Gasteiger partial charge on any atom is -0.393 e. The maximum atomic E-state index is 12.0. The number of fused-ring (bicyclic) bond motifs is 1. The van der Waals surface area contributed by atoms with Crippen molar-refractivity contribution in [3.05, 3.63) is 40.4 Å². The van der Waals surface area contributed by atoms with E-state index in [0.29, 0.717) is 23.9 Å². The second-order valence-corrected chi connectivity index (χ2v) is 5.29. The van der Waals surface area contributed by atoms with Crippen LogP contribution in [0, 0.1) is 5.92 Å². The third-order valence-electron chi connectivity index (χ3n) is 3.32. The van der Waals surface area contributed by atoms with Gasteiger partial charge in [-0.1, -0.05) is 26.0 Å². The second-order valence-electron chi connectivity index (χ2n) is 5.29. The number of aliphatic hydroxyl groups excluding tert-OH is 1. The highest BCUT2D eigenvalue weighted by atomic mass is 16.3. The standard InChI is InChI=1S/C15H19N3O3/c1-9(2)12(19)7-8-16-15(21)13-17-11-6-4-3-5-10(11)14(20)18-13/h3-6,9,12,19H,7-8H2,1-2H3,(H,16,21)(H,17,18,20). The number of amides is 1. The van der Waals surface area contributed by atoms with Crippen LogP contribution in [0.5, 0.6) is 0 Å². The number of aromatic amines is 1. The molecule has 0 saturated carbocycles. The van der Waals surface area contributed by atoms with Crippen molar-refractivity contribution >= 4 is 16.8 Å². The largest absolute Gasteiger partial charge is 0.393 e. The molecular formula is C15H19N3O3. The first-order valence-electron chi connectivity index (χ1n) is 6.94. The van der Waals surface area contributed by atoms with Crippen LogP contribution in [-0.2, 0) is 0 Å². The number of nitrogens with zero attached hydrogens (tertiary/aromatic N) is 1. The topological polar surface area (TPSA) is 95.1 Å². The Hall–Kier alpha value is -2.21. The number of rotatable bonds is 5. The zero-order valence-corrected chi connectivity index (χ0v) is 12.1. The Balaban J connectivity index is 2.08. The Morgan fingerprint density at radius 2 is 2.10 bits per heavy atom. The molecule has 6 nitrogen and oxygen atoms in total. The molecule has 1 aromatic carbocycles. The fraction of sp³-hybridized carbons (Fsp3) is 0.400. The summed E-state index contributed by atoms with van der Waals surface area (Å²) in [6.07, 6.45) is -0.00443. The van der Waals surface area contributed by atoms with Gasteiger partial charge in [-0.25, -0.2) is 4.98 Å². The summed E-state index contributed by atoms with van der Waals surface area (Å²) < 4.78 is 0. The van der Waals surface area contributed by atoms with Gasteiger partial charge in [0.25, 0.3) is 11.5 Å². The number of para-hydroxylation sites is 1. The van der Waals surface area contributed by atoms with Crippen molar-refractivity contribution in [3.8, 4) is 0 Å². The molecule has 1 amide bonds. The minimum atomic E-state index is -0.464. The lowest BCUT2D eigenvalue weighted by atomic mass is 10.0. The van der Waals surface area contributed by atoms with Crippen LogP contribution in [0.1, 0.15) is 30.9 Å². The number of hydrogen-bond donors (Lipinski definition) is 3. The van der Waals surface area contributed by atoms with Crippen LogP contribution in [0.2, 0.25) is 0 Å². The monoisotopic (exact) mass is 289 g/mol. The van der Waals surface area contributed by atoms with Gasteiger partial charge < -0.3 is 15.4 Å². The molecule has 0 aliphatic heterocycles. The van der Waals surface area contributed by atoms with Crippen molar-refractivity contribution < 1.29 is 9.90 Å². The van der Waals surface area contributed by atoms with Crippen molar-refractivity contribution in [1.29, 1.82) is 0 Å². The van der Waals surface area contributed by atoms with E-state index >= 15 is 0 Å². The number of benzene rings is 1. The van der Waals surface area contributed by atoms with Gasteiger partial charge in [0.1, 0.15) is 0 Å². The number of H-pyrrole nitrogens is 1. The van der Waals surface area contributed by atoms with Gasteiger partial charge in [-0.15, -0.1) is 0 Å². The predicted molar refractivity (Wildman–Crippen MR) is 80.2 cm³/mol. The molecule has 6 heteroatoms. The smallest absolute Gasteiger partial charge is 0.287 e. The van der Waals surface area contributed by atoms with Crippen molar-refractivity contribution in [2.24, 2.45) is 5.92 Å². The van der Waals surface area contributed by atoms with Crippen molar-refractivity contribution in [2.45, 2.75) is 26.4 Å². The lowest BCUT2D eigenvalue weighted by molar-refractivity contribution is 0.0910. The number of hydrogen-bond acceptors (Lipinski definition) is 4. The highest BCUT2D eigenvalue weighted by Crippen LogP contribution is 2.06. The fourth-order valence-electron chi connectivity index (χ4n) is 1.94. The van der Waals surface area contributed by atoms with Gasteiger partial charge in [0, 0.05) is 6.54 Å². The summed E-state index contributed by atoms with van der Waals surface area (Å²) in [6, 6.07) is 6.84. The van der Waals surface area contributed by atoms with E-state index in [9.17, 15) is 14.7 Å². The predicted octanol–water partition coefficient (Wildman–Crippen LogP) is 1.06. The van der Waals surface area contributed by atoms with E-state index in [-0.39, 0.29) is 17.3 Å². The molecule has 0 saturated heterocycles. The summed E-state index contributed by atoms with van der Waals surface area (Å²) >= 11 is 0. The van der Waals surface area contributed by atoms with Gasteiger partial charge in [-0.2, -0.15) is 0 Å². The third kappa shape index (κ3) is 3.66. The molecule has 21 heavy (non-hydrogen) atoms. The molecule has 2 rings (SSSR count). The average Bonchev–Trinajstić information content (AvgIpc) is 2.46. The van der Waals surface area contributed by atoms with E-state index in [4.69, 9.17) is 0 Å². The highest BCUT2D eigenvalue weighted by molar-refractivity contribution is 5.92. The second kappa shape index (κ2) is 6.49. The number of aliphatic hydroxyl groups is 1. The summed E-state index contributed by atoms with van der Waals surface area (Å²) in [5.41, 5.74) is 0.140. The van der Waals surface area contributed by atoms with Crippen LogP contribution in [0.4, 0.5) is 0 Å². The third-order valence-corrected chi connectivity index (χ3v) is 3.32. The average molecular weight is 289 g/mol. The van der Waals surface area contributed by atoms with E-state index in [1.54, 1.807) is 24.3 Å². The maximum Gasteiger partial charge on any atom is 0.287 e. The van der Waals surface area contributed by atoms with E-state index < -0.39 is 12.0 Å². The van der Waals surface area contributed by atoms with Crippen molar-refractivity contribution in [1.82, 2.24) is 15.3 Å². The van der Waals surface area contributed by atoms with Crippen LogP contribution in [-0.4, -0.2) is 33.6 Å². The van der Waals surface area contributed by atoms with Gasteiger partial charge in [-0.05, 0) is 24.5 Å². The summed E-state index contributed by atoms with van der Waals surface area (Å²) in [5, 5.41) is 12.8. The Kier molecular flexibility index (Phi) is 4.70. The van der Waals surface area contributed by atoms with E-state index in [2.05, 4.69) is 15.3 Å². The van der Waals surface area contributed by atoms with Gasteiger partial charge in [0.05, 0.1) is 17.0 Å². The number of nitrogens with one attached hydrogen (secondary N) is 2. The summed E-state index contributed by atoms with van der Waals surface area (Å²) in [6.45, 7) is 4.15. The van der Waals surface area contributed by atoms with Crippen LogP contribution in [0.25, 0.3) is 10.9 Å². The molecule has 2 aromatic rings. The maximum absolute atomic E-state index is 12.0. The van der Waals surface area contributed by atoms with Gasteiger partial charge >= 0.3 is 0 Å². The molecule has 1 heterocycles. The molecule has 1 aromatic heterocycles. The normalized spacial score (nSPS) is 12.6. The summed E-state index contributed by atoms with van der Waals surface area (Å²) in [5.74, 6) is -0.327. The number of aromatic nitrogens is 2. The van der Waals surface area contributed by atoms with E-state index in [1.807, 2.05) is 13.8 Å². The lowest BCUT2D eigenvalue weighted by Gasteiger charge is -2.14. The van der Waals surface area contributed by atoms with Crippen LogP contribution >= 0.6 is 0 Å². The van der Waals surface area contributed by atoms with Crippen LogP contribution in [0.15, 0.2) is 29.1 Å². The molecule has 0 radical (unpaired) electrons. The molecule has 0 fully saturated rings. The lowest BCUT2D eigenvalue weighted by Crippen LogP contribution is -2.31. The SMILES string of the molecule is CC(C)C(O)CCNC(=O)c1nc2ccccc2c(=O)[nH]1. The molecule has 0 aliphatic carbocycles. The fourth-order valence-corrected chi connectivity index (χ4v) is 1.94. The molecule has 0 bridgehead atoms. The van der Waals surface area contributed by atoms with Crippen LogP contribution in [0.3, 0.4) is 0 Å². The van der Waals surface area contributed by atoms with E-state index in [0.717, 1.165) is 0 Å². The van der Waals surface area contributed by atoms with E-state index in [1.165, 1.54) is 0 Å². The molecule has 3 N–H and O–H groups in total. The summed E-state index contributed by atoms with van der Waals surface area (Å²) in [4.78, 5) is 30.4. The van der Waals surface area contributed by atoms with Crippen LogP contribution < -0.4 is 10.9 Å². The molecular weight excluding hydrogens is 270 g/mol. The first kappa shape index (κ1) is 15.2.